The molecule has 1 fully saturated rings. The van der Waals surface area contributed by atoms with E-state index in [2.05, 4.69) is 31.2 Å². The van der Waals surface area contributed by atoms with Crippen molar-refractivity contribution in [3.05, 3.63) is 44.7 Å². The summed E-state index contributed by atoms with van der Waals surface area (Å²) in [7, 11) is 2.69. The minimum Gasteiger partial charge on any atom is -0.305 e. The number of fused-ring (bicyclic) bond motifs is 1. The molecule has 0 bridgehead atoms. The van der Waals surface area contributed by atoms with Gasteiger partial charge in [-0.2, -0.15) is 0 Å². The first-order valence-corrected chi connectivity index (χ1v) is 8.16. The van der Waals surface area contributed by atoms with Crippen molar-refractivity contribution in [1.29, 1.82) is 5.41 Å². The number of carbonyl (C=O) groups is 1. The summed E-state index contributed by atoms with van der Waals surface area (Å²) in [6.45, 7) is 2.01. The third-order valence-corrected chi connectivity index (χ3v) is 5.38. The van der Waals surface area contributed by atoms with E-state index in [1.807, 2.05) is 19.1 Å². The van der Waals surface area contributed by atoms with Crippen LogP contribution in [0.2, 0.25) is 0 Å². The van der Waals surface area contributed by atoms with Gasteiger partial charge in [0.05, 0.1) is 0 Å². The molecule has 0 saturated heterocycles. The van der Waals surface area contributed by atoms with Crippen molar-refractivity contribution in [2.24, 2.45) is 5.41 Å². The Balaban J connectivity index is 2.03. The van der Waals surface area contributed by atoms with E-state index >= 15 is 0 Å². The van der Waals surface area contributed by atoms with E-state index in [0.717, 1.165) is 39.3 Å². The monoisotopic (exact) mass is 349 g/mol. The summed E-state index contributed by atoms with van der Waals surface area (Å²) in [5.74, 6) is 0.269. The first-order chi connectivity index (χ1) is 9.43. The third kappa shape index (κ3) is 2.12. The van der Waals surface area contributed by atoms with E-state index in [0.29, 0.717) is 18.6 Å². The van der Waals surface area contributed by atoms with Gasteiger partial charge in [-0.1, -0.05) is 27.3 Å². The number of benzene rings is 1. The molecule has 2 atom stereocenters. The Morgan fingerprint density at radius 3 is 2.85 bits per heavy atom. The van der Waals surface area contributed by atoms with Gasteiger partial charge in [0.15, 0.2) is 5.78 Å². The van der Waals surface area contributed by atoms with Crippen LogP contribution < -0.4 is 0 Å². The molecule has 1 aromatic rings. The molecule has 0 aliphatic heterocycles. The molecule has 0 heterocycles. The number of carbonyl (C=O) groups excluding carboxylic acids is 1. The first-order valence-electron chi connectivity index (χ1n) is 6.79. The van der Waals surface area contributed by atoms with Crippen LogP contribution in [0.25, 0.3) is 0 Å². The SMILES string of the molecule is C/C(P)=C1\CC2(CCC1=N)Cc1ccc(Br)cc1C2=O. The van der Waals surface area contributed by atoms with Crippen LogP contribution in [-0.4, -0.2) is 11.5 Å². The van der Waals surface area contributed by atoms with Gasteiger partial charge in [0.25, 0.3) is 0 Å². The quantitative estimate of drug-likeness (QED) is 0.687. The minimum atomic E-state index is -0.305. The number of nitrogens with one attached hydrogen (secondary N) is 1. The summed E-state index contributed by atoms with van der Waals surface area (Å²) in [6.07, 6.45) is 3.05. The topological polar surface area (TPSA) is 40.9 Å². The predicted molar refractivity (Wildman–Crippen MR) is 88.6 cm³/mol. The molecule has 2 nitrogen and oxygen atoms in total. The fourth-order valence-electron chi connectivity index (χ4n) is 3.42. The Morgan fingerprint density at radius 2 is 2.15 bits per heavy atom. The summed E-state index contributed by atoms with van der Waals surface area (Å²) >= 11 is 3.45. The number of halogens is 1. The van der Waals surface area contributed by atoms with Gasteiger partial charge in [-0.05, 0) is 55.9 Å². The van der Waals surface area contributed by atoms with Gasteiger partial charge in [0.1, 0.15) is 0 Å². The van der Waals surface area contributed by atoms with Crippen molar-refractivity contribution in [3.63, 3.8) is 0 Å². The van der Waals surface area contributed by atoms with E-state index in [-0.39, 0.29) is 11.2 Å². The van der Waals surface area contributed by atoms with Crippen LogP contribution in [-0.2, 0) is 6.42 Å². The molecule has 3 rings (SSSR count). The average Bonchev–Trinajstić information content (AvgIpc) is 2.66. The summed E-state index contributed by atoms with van der Waals surface area (Å²) in [5, 5.41) is 9.19. The molecule has 1 aromatic carbocycles. The van der Waals surface area contributed by atoms with Gasteiger partial charge in [0, 0.05) is 21.2 Å². The molecule has 1 saturated carbocycles. The summed E-state index contributed by atoms with van der Waals surface area (Å²) in [4.78, 5) is 12.9. The molecule has 2 aliphatic carbocycles. The second-order valence-electron chi connectivity index (χ2n) is 5.90. The highest BCUT2D eigenvalue weighted by Crippen LogP contribution is 2.49. The van der Waals surface area contributed by atoms with Crippen molar-refractivity contribution in [2.45, 2.75) is 32.6 Å². The molecule has 20 heavy (non-hydrogen) atoms. The summed E-state index contributed by atoms with van der Waals surface area (Å²) in [5.41, 5.74) is 3.48. The highest BCUT2D eigenvalue weighted by Gasteiger charge is 2.48. The lowest BCUT2D eigenvalue weighted by Crippen LogP contribution is -2.34. The van der Waals surface area contributed by atoms with Crippen molar-refractivity contribution < 1.29 is 4.79 Å². The summed E-state index contributed by atoms with van der Waals surface area (Å²) < 4.78 is 0.961. The number of hydrogen-bond donors (Lipinski definition) is 1. The van der Waals surface area contributed by atoms with Crippen LogP contribution in [0, 0.1) is 10.8 Å². The van der Waals surface area contributed by atoms with Crippen LogP contribution in [0.5, 0.6) is 0 Å². The van der Waals surface area contributed by atoms with E-state index in [1.165, 1.54) is 0 Å². The molecular formula is C16H17BrNOP. The van der Waals surface area contributed by atoms with Gasteiger partial charge in [-0.15, -0.1) is 9.24 Å². The van der Waals surface area contributed by atoms with Crippen LogP contribution in [0.3, 0.4) is 0 Å². The molecule has 0 amide bonds. The Labute approximate surface area is 129 Å². The predicted octanol–water partition coefficient (Wildman–Crippen LogP) is 4.53. The van der Waals surface area contributed by atoms with Gasteiger partial charge in [-0.3, -0.25) is 4.79 Å². The van der Waals surface area contributed by atoms with Crippen molar-refractivity contribution in [2.75, 3.05) is 0 Å². The largest absolute Gasteiger partial charge is 0.305 e. The fraction of sp³-hybridized carbons (Fsp3) is 0.375. The Morgan fingerprint density at radius 1 is 1.40 bits per heavy atom. The highest BCUT2D eigenvalue weighted by atomic mass is 79.9. The summed E-state index contributed by atoms with van der Waals surface area (Å²) in [6, 6.07) is 6.01. The first kappa shape index (κ1) is 14.2. The molecule has 0 aromatic heterocycles. The Kier molecular flexibility index (Phi) is 3.46. The zero-order chi connectivity index (χ0) is 14.5. The second kappa shape index (κ2) is 4.89. The van der Waals surface area contributed by atoms with Crippen molar-refractivity contribution in [1.82, 2.24) is 0 Å². The third-order valence-electron chi connectivity index (χ3n) is 4.54. The molecule has 4 heteroatoms. The van der Waals surface area contributed by atoms with E-state index in [4.69, 9.17) is 5.41 Å². The van der Waals surface area contributed by atoms with E-state index < -0.39 is 0 Å². The number of Topliss-reactive ketones (excluding diaryl/α,β-unsaturated/α-hetero) is 1. The normalized spacial score (nSPS) is 27.9. The van der Waals surface area contributed by atoms with Gasteiger partial charge < -0.3 is 5.41 Å². The minimum absolute atomic E-state index is 0.269. The lowest BCUT2D eigenvalue weighted by Gasteiger charge is -2.34. The van der Waals surface area contributed by atoms with Gasteiger partial charge in [-0.25, -0.2) is 0 Å². The van der Waals surface area contributed by atoms with Crippen LogP contribution >= 0.6 is 25.2 Å². The number of allylic oxidation sites excluding steroid dienone is 2. The lowest BCUT2D eigenvalue weighted by atomic mass is 9.68. The maximum absolute atomic E-state index is 12.9. The molecule has 1 N–H and O–H groups in total. The molecule has 1 spiro atoms. The van der Waals surface area contributed by atoms with Crippen LogP contribution in [0.15, 0.2) is 33.6 Å². The zero-order valence-electron chi connectivity index (χ0n) is 11.4. The molecule has 0 radical (unpaired) electrons. The zero-order valence-corrected chi connectivity index (χ0v) is 14.2. The number of hydrogen-bond acceptors (Lipinski definition) is 2. The van der Waals surface area contributed by atoms with E-state index in [1.54, 1.807) is 0 Å². The fourth-order valence-corrected chi connectivity index (χ4v) is 4.05. The average molecular weight is 350 g/mol. The Hall–Kier alpha value is -0.790. The molecular weight excluding hydrogens is 333 g/mol. The highest BCUT2D eigenvalue weighted by molar-refractivity contribution is 9.10. The van der Waals surface area contributed by atoms with Gasteiger partial charge in [0.2, 0.25) is 0 Å². The maximum Gasteiger partial charge on any atom is 0.169 e. The van der Waals surface area contributed by atoms with Crippen LogP contribution in [0.4, 0.5) is 0 Å². The molecule has 2 aliphatic rings. The van der Waals surface area contributed by atoms with Crippen molar-refractivity contribution >= 4 is 36.7 Å². The molecule has 2 unspecified atom stereocenters. The van der Waals surface area contributed by atoms with Crippen LogP contribution in [0.1, 0.15) is 42.1 Å². The number of ketones is 1. The smallest absolute Gasteiger partial charge is 0.169 e. The standard InChI is InChI=1S/C16H17BrNOP/c1-9(20)13-8-16(5-4-14(13)18)7-10-2-3-11(17)6-12(10)15(16)19/h2-3,6,18H,4-5,7-8,20H2,1H3/b13-9-,18-14?. The lowest BCUT2D eigenvalue weighted by molar-refractivity contribution is 0.0801. The second-order valence-corrected chi connectivity index (χ2v) is 7.69. The Bertz CT molecular complexity index is 660. The van der Waals surface area contributed by atoms with Gasteiger partial charge >= 0.3 is 0 Å². The maximum atomic E-state index is 12.9. The number of rotatable bonds is 0. The molecule has 104 valence electrons. The van der Waals surface area contributed by atoms with Crippen molar-refractivity contribution in [3.8, 4) is 0 Å². The van der Waals surface area contributed by atoms with E-state index in [9.17, 15) is 4.79 Å².